The summed E-state index contributed by atoms with van der Waals surface area (Å²) in [5.41, 5.74) is 1.54. The van der Waals surface area contributed by atoms with E-state index < -0.39 is 16.9 Å². The molecule has 0 saturated heterocycles. The van der Waals surface area contributed by atoms with Crippen LogP contribution in [0.15, 0.2) is 83.5 Å². The van der Waals surface area contributed by atoms with E-state index in [1.165, 1.54) is 42.5 Å². The number of nitro benzene ring substituents is 1. The van der Waals surface area contributed by atoms with Gasteiger partial charge < -0.3 is 18.9 Å². The highest BCUT2D eigenvalue weighted by atomic mass is 16.6. The first-order valence-electron chi connectivity index (χ1n) is 12.0. The summed E-state index contributed by atoms with van der Waals surface area (Å²) in [5.74, 6) is 0.0655. The number of para-hydroxylation sites is 1. The minimum absolute atomic E-state index is 0.0294. The normalized spacial score (nSPS) is 13.7. The molecule has 3 aromatic carbocycles. The third-order valence-electron chi connectivity index (χ3n) is 5.35. The molecule has 0 N–H and O–H groups in total. The fraction of sp³-hybridized carbons (Fsp3) is 0.138. The maximum atomic E-state index is 12.6. The molecular weight excluding hydrogens is 504 g/mol. The number of cyclic esters (lactones) is 1. The van der Waals surface area contributed by atoms with E-state index in [2.05, 4.69) is 4.99 Å². The number of benzene rings is 3. The van der Waals surface area contributed by atoms with Crippen molar-refractivity contribution in [3.05, 3.63) is 105 Å². The Hall–Kier alpha value is -5.25. The van der Waals surface area contributed by atoms with Crippen molar-refractivity contribution in [3.63, 3.8) is 0 Å². The van der Waals surface area contributed by atoms with E-state index in [4.69, 9.17) is 18.9 Å². The topological polar surface area (TPSA) is 127 Å². The maximum Gasteiger partial charge on any atom is 0.363 e. The van der Waals surface area contributed by atoms with Gasteiger partial charge in [0.1, 0.15) is 5.75 Å². The van der Waals surface area contributed by atoms with Crippen LogP contribution in [0.3, 0.4) is 0 Å². The Morgan fingerprint density at radius 3 is 2.41 bits per heavy atom. The van der Waals surface area contributed by atoms with Crippen molar-refractivity contribution in [2.24, 2.45) is 4.99 Å². The van der Waals surface area contributed by atoms with Crippen LogP contribution in [0.1, 0.15) is 30.5 Å². The molecule has 10 nitrogen and oxygen atoms in total. The predicted octanol–water partition coefficient (Wildman–Crippen LogP) is 5.36. The molecule has 4 rings (SSSR count). The highest BCUT2D eigenvalue weighted by Gasteiger charge is 2.25. The number of nitro groups is 1. The van der Waals surface area contributed by atoms with Gasteiger partial charge in [-0.1, -0.05) is 18.2 Å². The van der Waals surface area contributed by atoms with Gasteiger partial charge in [0.05, 0.1) is 18.1 Å². The number of esters is 2. The molecule has 0 amide bonds. The van der Waals surface area contributed by atoms with E-state index in [0.717, 1.165) is 0 Å². The van der Waals surface area contributed by atoms with Gasteiger partial charge in [-0.15, -0.1) is 0 Å². The third kappa shape index (κ3) is 6.75. The zero-order valence-electron chi connectivity index (χ0n) is 21.2. The van der Waals surface area contributed by atoms with Gasteiger partial charge in [0.25, 0.3) is 5.69 Å². The van der Waals surface area contributed by atoms with E-state index in [1.54, 1.807) is 42.5 Å². The van der Waals surface area contributed by atoms with Gasteiger partial charge >= 0.3 is 11.9 Å². The standard InChI is InChI=1S/C29H24N2O8/c1-3-36-25-15-12-21(18-26(25)37-4-2)28-30-23(29(33)39-28)17-20-7-5-6-8-24(20)38-27(32)16-11-19-9-13-22(14-10-19)31(34)35/h5-18H,3-4H2,1-2H3/b16-11+,23-17-. The first kappa shape index (κ1) is 26.8. The molecule has 3 aromatic rings. The van der Waals surface area contributed by atoms with Crippen LogP contribution in [0.2, 0.25) is 0 Å². The maximum absolute atomic E-state index is 12.6. The number of carbonyl (C=O) groups is 2. The molecule has 0 unspecified atom stereocenters. The van der Waals surface area contributed by atoms with Crippen LogP contribution in [-0.2, 0) is 14.3 Å². The first-order chi connectivity index (χ1) is 18.9. The summed E-state index contributed by atoms with van der Waals surface area (Å²) in [4.78, 5) is 39.6. The first-order valence-corrected chi connectivity index (χ1v) is 12.0. The minimum atomic E-state index is -0.671. The van der Waals surface area contributed by atoms with Gasteiger partial charge in [0, 0.05) is 29.3 Å². The number of ether oxygens (including phenoxy) is 4. The number of hydrogen-bond acceptors (Lipinski definition) is 9. The summed E-state index contributed by atoms with van der Waals surface area (Å²) in [6.07, 6.45) is 4.15. The molecule has 1 aliphatic rings. The van der Waals surface area contributed by atoms with Crippen molar-refractivity contribution >= 4 is 35.7 Å². The van der Waals surface area contributed by atoms with Crippen molar-refractivity contribution in [2.75, 3.05) is 13.2 Å². The fourth-order valence-corrected chi connectivity index (χ4v) is 3.57. The molecule has 0 aliphatic carbocycles. The molecule has 10 heteroatoms. The van der Waals surface area contributed by atoms with Gasteiger partial charge in [-0.05, 0) is 68.0 Å². The minimum Gasteiger partial charge on any atom is -0.490 e. The summed E-state index contributed by atoms with van der Waals surface area (Å²) in [5, 5.41) is 10.8. The molecule has 0 bridgehead atoms. The quantitative estimate of drug-likeness (QED) is 0.113. The Morgan fingerprint density at radius 2 is 1.69 bits per heavy atom. The Labute approximate surface area is 224 Å². The zero-order valence-corrected chi connectivity index (χ0v) is 21.2. The van der Waals surface area contributed by atoms with Crippen molar-refractivity contribution < 1.29 is 33.5 Å². The average Bonchev–Trinajstić information content (AvgIpc) is 3.30. The van der Waals surface area contributed by atoms with Gasteiger partial charge in [0.15, 0.2) is 17.2 Å². The molecule has 39 heavy (non-hydrogen) atoms. The summed E-state index contributed by atoms with van der Waals surface area (Å²) in [6.45, 7) is 4.62. The van der Waals surface area contributed by atoms with Crippen LogP contribution in [-0.4, -0.2) is 36.0 Å². The van der Waals surface area contributed by atoms with Crippen LogP contribution in [0.25, 0.3) is 12.2 Å². The molecule has 198 valence electrons. The second kappa shape index (κ2) is 12.3. The van der Waals surface area contributed by atoms with E-state index in [-0.39, 0.29) is 23.0 Å². The number of nitrogens with zero attached hydrogens (tertiary/aromatic N) is 2. The lowest BCUT2D eigenvalue weighted by Crippen LogP contribution is -2.07. The van der Waals surface area contributed by atoms with Gasteiger partial charge in [-0.3, -0.25) is 10.1 Å². The number of rotatable bonds is 10. The number of aliphatic imine (C=N–C) groups is 1. The monoisotopic (exact) mass is 528 g/mol. The van der Waals surface area contributed by atoms with Crippen LogP contribution in [0.5, 0.6) is 17.2 Å². The zero-order chi connectivity index (χ0) is 27.8. The molecule has 0 fully saturated rings. The Balaban J connectivity index is 1.52. The van der Waals surface area contributed by atoms with Crippen molar-refractivity contribution in [2.45, 2.75) is 13.8 Å². The largest absolute Gasteiger partial charge is 0.490 e. The molecule has 1 heterocycles. The smallest absolute Gasteiger partial charge is 0.363 e. The van der Waals surface area contributed by atoms with Crippen LogP contribution in [0.4, 0.5) is 5.69 Å². The highest BCUT2D eigenvalue weighted by Crippen LogP contribution is 2.31. The van der Waals surface area contributed by atoms with E-state index in [0.29, 0.717) is 41.4 Å². The van der Waals surface area contributed by atoms with E-state index in [1.807, 2.05) is 13.8 Å². The van der Waals surface area contributed by atoms with Crippen LogP contribution < -0.4 is 14.2 Å². The lowest BCUT2D eigenvalue weighted by Gasteiger charge is -2.11. The molecule has 0 saturated carbocycles. The predicted molar refractivity (Wildman–Crippen MR) is 144 cm³/mol. The molecule has 0 radical (unpaired) electrons. The van der Waals surface area contributed by atoms with Crippen LogP contribution in [0, 0.1) is 10.1 Å². The average molecular weight is 529 g/mol. The van der Waals surface area contributed by atoms with E-state index in [9.17, 15) is 19.7 Å². The van der Waals surface area contributed by atoms with Gasteiger partial charge in [-0.2, -0.15) is 0 Å². The molecule has 0 atom stereocenters. The Morgan fingerprint density at radius 1 is 0.974 bits per heavy atom. The summed E-state index contributed by atoms with van der Waals surface area (Å²) in [7, 11) is 0. The van der Waals surface area contributed by atoms with E-state index >= 15 is 0 Å². The van der Waals surface area contributed by atoms with Crippen LogP contribution >= 0.6 is 0 Å². The number of carbonyl (C=O) groups excluding carboxylic acids is 2. The second-order valence-corrected chi connectivity index (χ2v) is 8.00. The third-order valence-corrected chi connectivity index (χ3v) is 5.35. The summed E-state index contributed by atoms with van der Waals surface area (Å²) in [6, 6.07) is 17.5. The van der Waals surface area contributed by atoms with Crippen molar-refractivity contribution in [1.82, 2.24) is 0 Å². The summed E-state index contributed by atoms with van der Waals surface area (Å²) >= 11 is 0. The van der Waals surface area contributed by atoms with Gasteiger partial charge in [0.2, 0.25) is 5.90 Å². The Kier molecular flexibility index (Phi) is 8.47. The molecule has 0 spiro atoms. The number of non-ortho nitro benzene ring substituents is 1. The molecule has 1 aliphatic heterocycles. The fourth-order valence-electron chi connectivity index (χ4n) is 3.57. The highest BCUT2D eigenvalue weighted by molar-refractivity contribution is 6.13. The number of hydrogen-bond donors (Lipinski definition) is 0. The van der Waals surface area contributed by atoms with Crippen molar-refractivity contribution in [1.29, 1.82) is 0 Å². The lowest BCUT2D eigenvalue weighted by atomic mass is 10.1. The molecular formula is C29H24N2O8. The second-order valence-electron chi connectivity index (χ2n) is 8.00. The summed E-state index contributed by atoms with van der Waals surface area (Å²) < 4.78 is 22.1. The van der Waals surface area contributed by atoms with Crippen molar-refractivity contribution in [3.8, 4) is 17.2 Å². The lowest BCUT2D eigenvalue weighted by molar-refractivity contribution is -0.384. The Bertz CT molecular complexity index is 1490. The van der Waals surface area contributed by atoms with Gasteiger partial charge in [-0.25, -0.2) is 14.6 Å². The molecule has 0 aromatic heterocycles. The SMILES string of the molecule is CCOc1ccc(C2=N/C(=C\c3ccccc3OC(=O)/C=C/c3ccc([N+](=O)[O-])cc3)C(=O)O2)cc1OCC.